The highest BCUT2D eigenvalue weighted by Gasteiger charge is 2.20. The molecule has 1 aliphatic heterocycles. The Morgan fingerprint density at radius 3 is 2.54 bits per heavy atom. The van der Waals surface area contributed by atoms with Crippen LogP contribution in [0.4, 0.5) is 4.79 Å². The molecule has 1 aromatic heterocycles. The van der Waals surface area contributed by atoms with Gasteiger partial charge in [0.1, 0.15) is 11.5 Å². The van der Waals surface area contributed by atoms with Crippen molar-refractivity contribution in [3.63, 3.8) is 0 Å². The number of nitrogens with one attached hydrogen (secondary N) is 3. The molecule has 24 heavy (non-hydrogen) atoms. The molecular weight excluding hydrogens is 308 g/mol. The first-order chi connectivity index (χ1) is 11.4. The van der Waals surface area contributed by atoms with Crippen LogP contribution in [0.5, 0.6) is 0 Å². The van der Waals surface area contributed by atoms with Crippen molar-refractivity contribution in [2.75, 3.05) is 19.6 Å². The molecule has 1 saturated heterocycles. The fraction of sp³-hybridized carbons (Fsp3) is 0.647. The predicted octanol–water partition coefficient (Wildman–Crippen LogP) is 1.96. The van der Waals surface area contributed by atoms with Gasteiger partial charge in [-0.25, -0.2) is 10.2 Å². The van der Waals surface area contributed by atoms with E-state index < -0.39 is 11.9 Å². The summed E-state index contributed by atoms with van der Waals surface area (Å²) < 4.78 is 5.30. The maximum absolute atomic E-state index is 12.0. The van der Waals surface area contributed by atoms with E-state index in [1.807, 2.05) is 0 Å². The van der Waals surface area contributed by atoms with E-state index in [0.717, 1.165) is 19.0 Å². The van der Waals surface area contributed by atoms with Crippen LogP contribution in [0.2, 0.25) is 0 Å². The zero-order valence-corrected chi connectivity index (χ0v) is 14.9. The molecule has 2 rings (SSSR count). The van der Waals surface area contributed by atoms with Crippen LogP contribution in [0.15, 0.2) is 10.5 Å². The molecule has 0 bridgehead atoms. The zero-order chi connectivity index (χ0) is 17.7. The van der Waals surface area contributed by atoms with Crippen molar-refractivity contribution in [1.82, 2.24) is 21.1 Å². The number of urea groups is 1. The summed E-state index contributed by atoms with van der Waals surface area (Å²) in [5.41, 5.74) is 5.18. The van der Waals surface area contributed by atoms with Crippen molar-refractivity contribution < 1.29 is 14.0 Å². The number of hydrogen-bond acceptors (Lipinski definition) is 4. The second-order valence-electron chi connectivity index (χ2n) is 6.68. The van der Waals surface area contributed by atoms with Crippen LogP contribution in [0, 0.1) is 19.8 Å². The Morgan fingerprint density at radius 2 is 1.96 bits per heavy atom. The minimum absolute atomic E-state index is 0.276. The Morgan fingerprint density at radius 1 is 1.29 bits per heavy atom. The number of hydrogen-bond donors (Lipinski definition) is 3. The van der Waals surface area contributed by atoms with E-state index in [1.165, 1.54) is 12.8 Å². The van der Waals surface area contributed by atoms with Crippen LogP contribution in [-0.4, -0.2) is 42.5 Å². The number of piperidine rings is 1. The normalized spacial score (nSPS) is 17.3. The summed E-state index contributed by atoms with van der Waals surface area (Å²) >= 11 is 0. The van der Waals surface area contributed by atoms with E-state index in [-0.39, 0.29) is 6.04 Å². The van der Waals surface area contributed by atoms with Gasteiger partial charge in [-0.05, 0) is 58.7 Å². The first kappa shape index (κ1) is 18.3. The Bertz CT molecular complexity index is 576. The van der Waals surface area contributed by atoms with Crippen LogP contribution in [0.25, 0.3) is 0 Å². The third-order valence-corrected chi connectivity index (χ3v) is 4.57. The summed E-state index contributed by atoms with van der Waals surface area (Å²) in [4.78, 5) is 26.2. The van der Waals surface area contributed by atoms with Crippen molar-refractivity contribution >= 4 is 11.9 Å². The van der Waals surface area contributed by atoms with Crippen molar-refractivity contribution in [1.29, 1.82) is 0 Å². The smallest absolute Gasteiger partial charge is 0.333 e. The first-order valence-corrected chi connectivity index (χ1v) is 8.52. The average molecular weight is 336 g/mol. The number of carbonyl (C=O) groups is 2. The standard InChI is InChI=1S/C17H28N4O3/c1-11-5-7-21(8-6-11)12(2)10-18-17(23)20-19-16(22)15-9-13(3)24-14(15)4/h9,11-12H,5-8,10H2,1-4H3,(H,19,22)(H2,18,20,23). The van der Waals surface area contributed by atoms with Gasteiger partial charge in [-0.1, -0.05) is 6.92 Å². The number of nitrogens with zero attached hydrogens (tertiary/aromatic N) is 1. The van der Waals surface area contributed by atoms with E-state index in [0.29, 0.717) is 23.6 Å². The second kappa shape index (κ2) is 8.19. The highest BCUT2D eigenvalue weighted by molar-refractivity contribution is 5.96. The van der Waals surface area contributed by atoms with Gasteiger partial charge in [0.2, 0.25) is 0 Å². The molecule has 0 spiro atoms. The minimum Gasteiger partial charge on any atom is -0.466 e. The molecule has 1 atom stereocenters. The number of likely N-dealkylation sites (tertiary alicyclic amines) is 1. The average Bonchev–Trinajstić information content (AvgIpc) is 2.89. The first-order valence-electron chi connectivity index (χ1n) is 8.52. The minimum atomic E-state index is -0.418. The fourth-order valence-electron chi connectivity index (χ4n) is 2.92. The van der Waals surface area contributed by atoms with Crippen LogP contribution in [-0.2, 0) is 0 Å². The molecule has 0 radical (unpaired) electrons. The molecule has 1 unspecified atom stereocenters. The Hall–Kier alpha value is -2.02. The SMILES string of the molecule is Cc1cc(C(=O)NNC(=O)NCC(C)N2CCC(C)CC2)c(C)o1. The van der Waals surface area contributed by atoms with E-state index in [4.69, 9.17) is 4.42 Å². The molecule has 7 heteroatoms. The topological polar surface area (TPSA) is 86.6 Å². The van der Waals surface area contributed by atoms with Gasteiger partial charge in [-0.15, -0.1) is 0 Å². The molecule has 1 aliphatic rings. The lowest BCUT2D eigenvalue weighted by Crippen LogP contribution is -2.51. The number of aryl methyl sites for hydroxylation is 2. The van der Waals surface area contributed by atoms with Gasteiger partial charge in [0.25, 0.3) is 5.91 Å². The van der Waals surface area contributed by atoms with E-state index in [2.05, 4.69) is 34.9 Å². The van der Waals surface area contributed by atoms with Crippen LogP contribution in [0.3, 0.4) is 0 Å². The van der Waals surface area contributed by atoms with Crippen LogP contribution >= 0.6 is 0 Å². The largest absolute Gasteiger partial charge is 0.466 e. The van der Waals surface area contributed by atoms with Crippen LogP contribution < -0.4 is 16.2 Å². The van der Waals surface area contributed by atoms with Crippen LogP contribution in [0.1, 0.15) is 48.6 Å². The summed E-state index contributed by atoms with van der Waals surface area (Å²) in [5.74, 6) is 1.58. The summed E-state index contributed by atoms with van der Waals surface area (Å²) in [5, 5.41) is 2.79. The molecule has 0 aromatic carbocycles. The molecule has 3 N–H and O–H groups in total. The molecule has 7 nitrogen and oxygen atoms in total. The second-order valence-corrected chi connectivity index (χ2v) is 6.68. The summed E-state index contributed by atoms with van der Waals surface area (Å²) in [6.07, 6.45) is 2.41. The predicted molar refractivity (Wildman–Crippen MR) is 91.6 cm³/mol. The maximum Gasteiger partial charge on any atom is 0.333 e. The lowest BCUT2D eigenvalue weighted by Gasteiger charge is -2.34. The zero-order valence-electron chi connectivity index (χ0n) is 14.9. The van der Waals surface area contributed by atoms with Gasteiger partial charge in [0.15, 0.2) is 0 Å². The molecule has 1 aromatic rings. The molecule has 0 aliphatic carbocycles. The Balaban J connectivity index is 1.69. The van der Waals surface area contributed by atoms with Gasteiger partial charge in [0, 0.05) is 12.6 Å². The van der Waals surface area contributed by atoms with Gasteiger partial charge in [-0.3, -0.25) is 15.1 Å². The monoisotopic (exact) mass is 336 g/mol. The van der Waals surface area contributed by atoms with Gasteiger partial charge < -0.3 is 9.73 Å². The molecular formula is C17H28N4O3. The van der Waals surface area contributed by atoms with Crippen molar-refractivity contribution in [3.8, 4) is 0 Å². The molecule has 3 amide bonds. The number of hydrazine groups is 1. The summed E-state index contributed by atoms with van der Waals surface area (Å²) in [6, 6.07) is 1.50. The number of carbonyl (C=O) groups excluding carboxylic acids is 2. The summed E-state index contributed by atoms with van der Waals surface area (Å²) in [6.45, 7) is 10.5. The third kappa shape index (κ3) is 4.99. The summed E-state index contributed by atoms with van der Waals surface area (Å²) in [7, 11) is 0. The number of rotatable bonds is 4. The van der Waals surface area contributed by atoms with Gasteiger partial charge >= 0.3 is 6.03 Å². The van der Waals surface area contributed by atoms with E-state index in [1.54, 1.807) is 19.9 Å². The van der Waals surface area contributed by atoms with E-state index >= 15 is 0 Å². The lowest BCUT2D eigenvalue weighted by molar-refractivity contribution is 0.0934. The Kier molecular flexibility index (Phi) is 6.25. The quantitative estimate of drug-likeness (QED) is 0.734. The highest BCUT2D eigenvalue weighted by atomic mass is 16.3. The number of furan rings is 1. The molecule has 0 saturated carbocycles. The lowest BCUT2D eigenvalue weighted by atomic mass is 9.98. The molecule has 1 fully saturated rings. The third-order valence-electron chi connectivity index (χ3n) is 4.57. The fourth-order valence-corrected chi connectivity index (χ4v) is 2.92. The number of amides is 3. The van der Waals surface area contributed by atoms with Crippen molar-refractivity contribution in [2.45, 2.75) is 46.6 Å². The van der Waals surface area contributed by atoms with Crippen molar-refractivity contribution in [2.24, 2.45) is 5.92 Å². The van der Waals surface area contributed by atoms with Crippen molar-refractivity contribution in [3.05, 3.63) is 23.2 Å². The van der Waals surface area contributed by atoms with E-state index in [9.17, 15) is 9.59 Å². The Labute approximate surface area is 143 Å². The van der Waals surface area contributed by atoms with Gasteiger partial charge in [0.05, 0.1) is 5.56 Å². The van der Waals surface area contributed by atoms with Gasteiger partial charge in [-0.2, -0.15) is 0 Å². The molecule has 134 valence electrons. The molecule has 2 heterocycles. The maximum atomic E-state index is 12.0. The highest BCUT2D eigenvalue weighted by Crippen LogP contribution is 2.17.